The fraction of sp³-hybridized carbons (Fsp3) is 0.208. The zero-order valence-electron chi connectivity index (χ0n) is 19.5. The van der Waals surface area contributed by atoms with Crippen molar-refractivity contribution in [3.05, 3.63) is 71.9 Å². The SMILES string of the molecule is COCCNC(=O)c1ccc(Oc2ccc(NS(=O)(=O)c3cc(C)ccc3NC(C)=O)cc2)nc1. The Labute approximate surface area is 203 Å². The monoisotopic (exact) mass is 498 g/mol. The molecule has 184 valence electrons. The van der Waals surface area contributed by atoms with Crippen molar-refractivity contribution in [2.45, 2.75) is 18.7 Å². The predicted octanol–water partition coefficient (Wildman–Crippen LogP) is 3.32. The van der Waals surface area contributed by atoms with Crippen molar-refractivity contribution in [2.75, 3.05) is 30.3 Å². The van der Waals surface area contributed by atoms with E-state index in [9.17, 15) is 18.0 Å². The number of carbonyl (C=O) groups is 2. The molecule has 0 bridgehead atoms. The molecule has 11 heteroatoms. The second kappa shape index (κ2) is 11.4. The molecule has 2 aromatic carbocycles. The Morgan fingerprint density at radius 3 is 2.40 bits per heavy atom. The molecule has 0 fully saturated rings. The maximum atomic E-state index is 13.0. The second-order valence-electron chi connectivity index (χ2n) is 7.55. The maximum absolute atomic E-state index is 13.0. The molecule has 3 N–H and O–H groups in total. The standard InChI is InChI=1S/C24H26N4O6S/c1-16-4-10-21(27-17(2)29)22(14-16)35(31,32)28-19-6-8-20(9-7-19)34-23-11-5-18(15-26-23)24(30)25-12-13-33-3/h4-11,14-15,28H,12-13H2,1-3H3,(H,25,30)(H,27,29). The number of hydrogen-bond donors (Lipinski definition) is 3. The number of carbonyl (C=O) groups excluding carboxylic acids is 2. The van der Waals surface area contributed by atoms with Crippen LogP contribution in [0.5, 0.6) is 11.6 Å². The van der Waals surface area contributed by atoms with Gasteiger partial charge >= 0.3 is 0 Å². The third kappa shape index (κ3) is 7.26. The largest absolute Gasteiger partial charge is 0.439 e. The van der Waals surface area contributed by atoms with Crippen LogP contribution in [0.2, 0.25) is 0 Å². The summed E-state index contributed by atoms with van der Waals surface area (Å²) in [5, 5.41) is 5.24. The molecular weight excluding hydrogens is 472 g/mol. The summed E-state index contributed by atoms with van der Waals surface area (Å²) in [5.74, 6) is 0.0480. The Hall–Kier alpha value is -3.96. The number of aromatic nitrogens is 1. The highest BCUT2D eigenvalue weighted by molar-refractivity contribution is 7.92. The van der Waals surface area contributed by atoms with E-state index in [0.717, 1.165) is 5.56 Å². The third-order valence-corrected chi connectivity index (χ3v) is 6.08. The molecule has 1 aromatic heterocycles. The normalized spacial score (nSPS) is 10.9. The number of methoxy groups -OCH3 is 1. The average molecular weight is 499 g/mol. The lowest BCUT2D eigenvalue weighted by Crippen LogP contribution is -2.26. The Kier molecular flexibility index (Phi) is 8.39. The van der Waals surface area contributed by atoms with Crippen molar-refractivity contribution in [3.8, 4) is 11.6 Å². The lowest BCUT2D eigenvalue weighted by Gasteiger charge is -2.14. The zero-order valence-corrected chi connectivity index (χ0v) is 20.3. The highest BCUT2D eigenvalue weighted by Gasteiger charge is 2.20. The van der Waals surface area contributed by atoms with Crippen molar-refractivity contribution in [2.24, 2.45) is 0 Å². The molecule has 35 heavy (non-hydrogen) atoms. The van der Waals surface area contributed by atoms with Gasteiger partial charge in [-0.25, -0.2) is 13.4 Å². The van der Waals surface area contributed by atoms with Gasteiger partial charge in [-0.2, -0.15) is 0 Å². The number of nitrogens with one attached hydrogen (secondary N) is 3. The van der Waals surface area contributed by atoms with Crippen LogP contribution in [0.1, 0.15) is 22.8 Å². The molecule has 0 aliphatic heterocycles. The zero-order chi connectivity index (χ0) is 25.4. The van der Waals surface area contributed by atoms with Crippen molar-refractivity contribution in [3.63, 3.8) is 0 Å². The van der Waals surface area contributed by atoms with Gasteiger partial charge in [0.2, 0.25) is 11.8 Å². The number of aryl methyl sites for hydroxylation is 1. The van der Waals surface area contributed by atoms with E-state index in [1.54, 1.807) is 62.6 Å². The van der Waals surface area contributed by atoms with Crippen molar-refractivity contribution in [1.82, 2.24) is 10.3 Å². The van der Waals surface area contributed by atoms with E-state index in [1.165, 1.54) is 19.2 Å². The van der Waals surface area contributed by atoms with Crippen LogP contribution in [-0.2, 0) is 19.6 Å². The van der Waals surface area contributed by atoms with Crippen LogP contribution in [0.4, 0.5) is 11.4 Å². The Balaban J connectivity index is 1.67. The number of anilines is 2. The first-order valence-electron chi connectivity index (χ1n) is 10.6. The Bertz CT molecular complexity index is 1290. The summed E-state index contributed by atoms with van der Waals surface area (Å²) in [5.41, 5.74) is 1.61. The van der Waals surface area contributed by atoms with E-state index < -0.39 is 10.0 Å². The average Bonchev–Trinajstić information content (AvgIpc) is 2.81. The number of rotatable bonds is 10. The molecule has 3 aromatic rings. The molecule has 0 saturated heterocycles. The fourth-order valence-electron chi connectivity index (χ4n) is 3.01. The van der Waals surface area contributed by atoms with Gasteiger partial charge in [0, 0.05) is 38.5 Å². The summed E-state index contributed by atoms with van der Waals surface area (Å²) in [7, 11) is -2.42. The van der Waals surface area contributed by atoms with Gasteiger partial charge in [0.15, 0.2) is 0 Å². The van der Waals surface area contributed by atoms with Crippen LogP contribution in [0.25, 0.3) is 0 Å². The molecule has 0 aliphatic carbocycles. The predicted molar refractivity (Wildman–Crippen MR) is 131 cm³/mol. The van der Waals surface area contributed by atoms with E-state index in [-0.39, 0.29) is 28.3 Å². The van der Waals surface area contributed by atoms with Gasteiger partial charge in [-0.05, 0) is 55.0 Å². The van der Waals surface area contributed by atoms with Crippen LogP contribution in [-0.4, -0.2) is 45.5 Å². The van der Waals surface area contributed by atoms with Crippen molar-refractivity contribution >= 4 is 33.2 Å². The third-order valence-electron chi connectivity index (χ3n) is 4.66. The number of benzene rings is 2. The fourth-order valence-corrected chi connectivity index (χ4v) is 4.32. The topological polar surface area (TPSA) is 136 Å². The molecular formula is C24H26N4O6S. The molecule has 0 saturated carbocycles. The molecule has 0 radical (unpaired) electrons. The van der Waals surface area contributed by atoms with E-state index in [2.05, 4.69) is 20.3 Å². The quantitative estimate of drug-likeness (QED) is 0.365. The first kappa shape index (κ1) is 25.7. The number of ether oxygens (including phenoxy) is 2. The van der Waals surface area contributed by atoms with Crippen LogP contribution in [0, 0.1) is 6.92 Å². The van der Waals surface area contributed by atoms with Gasteiger partial charge < -0.3 is 20.1 Å². The van der Waals surface area contributed by atoms with Gasteiger partial charge in [0.05, 0.1) is 17.9 Å². The molecule has 0 spiro atoms. The van der Waals surface area contributed by atoms with Gasteiger partial charge in [0.25, 0.3) is 15.9 Å². The smallest absolute Gasteiger partial charge is 0.263 e. The molecule has 3 rings (SSSR count). The summed E-state index contributed by atoms with van der Waals surface area (Å²) >= 11 is 0. The number of pyridine rings is 1. The molecule has 0 atom stereocenters. The van der Waals surface area contributed by atoms with Crippen molar-refractivity contribution in [1.29, 1.82) is 0 Å². The summed E-state index contributed by atoms with van der Waals surface area (Å²) in [4.78, 5) is 27.6. The Morgan fingerprint density at radius 2 is 1.77 bits per heavy atom. The first-order chi connectivity index (χ1) is 16.7. The minimum Gasteiger partial charge on any atom is -0.439 e. The molecule has 2 amide bonds. The van der Waals surface area contributed by atoms with E-state index in [1.807, 2.05) is 0 Å². The number of hydrogen-bond acceptors (Lipinski definition) is 7. The molecule has 1 heterocycles. The molecule has 0 aliphatic rings. The van der Waals surface area contributed by atoms with Crippen LogP contribution in [0.15, 0.2) is 65.7 Å². The van der Waals surface area contributed by atoms with Crippen LogP contribution >= 0.6 is 0 Å². The first-order valence-corrected chi connectivity index (χ1v) is 12.1. The summed E-state index contributed by atoms with van der Waals surface area (Å²) < 4.78 is 39.0. The van der Waals surface area contributed by atoms with Gasteiger partial charge in [-0.3, -0.25) is 14.3 Å². The molecule has 10 nitrogen and oxygen atoms in total. The van der Waals surface area contributed by atoms with Gasteiger partial charge in [0.1, 0.15) is 10.6 Å². The summed E-state index contributed by atoms with van der Waals surface area (Å²) in [6, 6.07) is 14.1. The lowest BCUT2D eigenvalue weighted by molar-refractivity contribution is -0.114. The second-order valence-corrected chi connectivity index (χ2v) is 9.20. The van der Waals surface area contributed by atoms with E-state index in [4.69, 9.17) is 9.47 Å². The maximum Gasteiger partial charge on any atom is 0.263 e. The number of amides is 2. The van der Waals surface area contributed by atoms with Crippen LogP contribution < -0.4 is 20.1 Å². The van der Waals surface area contributed by atoms with Gasteiger partial charge in [-0.1, -0.05) is 6.07 Å². The molecule has 0 unspecified atom stereocenters. The van der Waals surface area contributed by atoms with E-state index >= 15 is 0 Å². The van der Waals surface area contributed by atoms with Gasteiger partial charge in [-0.15, -0.1) is 0 Å². The number of sulfonamides is 1. The lowest BCUT2D eigenvalue weighted by atomic mass is 10.2. The minimum absolute atomic E-state index is 0.0384. The highest BCUT2D eigenvalue weighted by Crippen LogP contribution is 2.27. The summed E-state index contributed by atoms with van der Waals surface area (Å²) in [6.45, 7) is 3.87. The highest BCUT2D eigenvalue weighted by atomic mass is 32.2. The minimum atomic E-state index is -3.97. The number of nitrogens with zero attached hydrogens (tertiary/aromatic N) is 1. The summed E-state index contributed by atoms with van der Waals surface area (Å²) in [6.07, 6.45) is 1.40. The van der Waals surface area contributed by atoms with E-state index in [0.29, 0.717) is 30.2 Å². The van der Waals surface area contributed by atoms with Crippen LogP contribution in [0.3, 0.4) is 0 Å². The van der Waals surface area contributed by atoms with Crippen molar-refractivity contribution < 1.29 is 27.5 Å². The Morgan fingerprint density at radius 1 is 1.03 bits per heavy atom.